The van der Waals surface area contributed by atoms with Crippen molar-refractivity contribution in [3.63, 3.8) is 0 Å². The third kappa shape index (κ3) is 4.75. The van der Waals surface area contributed by atoms with E-state index >= 15 is 0 Å². The van der Waals surface area contributed by atoms with Crippen molar-refractivity contribution in [3.05, 3.63) is 42.5 Å². The highest BCUT2D eigenvalue weighted by Gasteiger charge is 2.32. The minimum absolute atomic E-state index is 0.270. The molecule has 2 aromatic rings. The number of piperazine rings is 1. The van der Waals surface area contributed by atoms with Gasteiger partial charge in [0.25, 0.3) is 0 Å². The van der Waals surface area contributed by atoms with Crippen molar-refractivity contribution in [1.82, 2.24) is 19.8 Å². The molecule has 9 heteroatoms. The topological polar surface area (TPSA) is 98.8 Å². The van der Waals surface area contributed by atoms with Gasteiger partial charge in [0.05, 0.1) is 10.9 Å². The van der Waals surface area contributed by atoms with Crippen LogP contribution in [0.25, 0.3) is 10.8 Å². The number of hydrogen-bond acceptors (Lipinski definition) is 5. The van der Waals surface area contributed by atoms with Gasteiger partial charge in [-0.05, 0) is 36.8 Å². The van der Waals surface area contributed by atoms with Gasteiger partial charge in [0.2, 0.25) is 15.9 Å². The second-order valence-corrected chi connectivity index (χ2v) is 8.91. The Labute approximate surface area is 170 Å². The lowest BCUT2D eigenvalue weighted by molar-refractivity contribution is -0.125. The van der Waals surface area contributed by atoms with Crippen LogP contribution < -0.4 is 10.6 Å². The monoisotopic (exact) mass is 418 g/mol. The fourth-order valence-electron chi connectivity index (χ4n) is 3.40. The molecular formula is C20H26N4O4S. The van der Waals surface area contributed by atoms with Crippen LogP contribution in [0.4, 0.5) is 4.79 Å². The highest BCUT2D eigenvalue weighted by molar-refractivity contribution is 7.89. The van der Waals surface area contributed by atoms with E-state index in [9.17, 15) is 18.0 Å². The zero-order chi connectivity index (χ0) is 21.0. The Morgan fingerprint density at radius 3 is 2.34 bits per heavy atom. The van der Waals surface area contributed by atoms with E-state index in [0.29, 0.717) is 19.6 Å². The second kappa shape index (κ2) is 8.89. The fourth-order valence-corrected chi connectivity index (χ4v) is 4.85. The summed E-state index contributed by atoms with van der Waals surface area (Å²) < 4.78 is 27.5. The Bertz CT molecular complexity index is 1000. The molecule has 0 saturated carbocycles. The van der Waals surface area contributed by atoms with E-state index in [4.69, 9.17) is 0 Å². The Kier molecular flexibility index (Phi) is 6.51. The highest BCUT2D eigenvalue weighted by Crippen LogP contribution is 2.23. The minimum Gasteiger partial charge on any atom is -0.338 e. The van der Waals surface area contributed by atoms with Gasteiger partial charge >= 0.3 is 6.03 Å². The van der Waals surface area contributed by atoms with Crippen molar-refractivity contribution < 1.29 is 18.0 Å². The lowest BCUT2D eigenvalue weighted by atomic mass is 10.1. The van der Waals surface area contributed by atoms with Gasteiger partial charge in [-0.1, -0.05) is 30.3 Å². The molecule has 0 aromatic heterocycles. The molecular weight excluding hydrogens is 392 g/mol. The zero-order valence-electron chi connectivity index (χ0n) is 16.6. The van der Waals surface area contributed by atoms with Crippen molar-refractivity contribution in [3.8, 4) is 0 Å². The van der Waals surface area contributed by atoms with Crippen LogP contribution in [0, 0.1) is 0 Å². The molecule has 1 aliphatic rings. The number of imide groups is 1. The fraction of sp³-hybridized carbons (Fsp3) is 0.400. The summed E-state index contributed by atoms with van der Waals surface area (Å²) in [6.07, 6.45) is 0. The van der Waals surface area contributed by atoms with Gasteiger partial charge in [-0.2, -0.15) is 4.31 Å². The summed E-state index contributed by atoms with van der Waals surface area (Å²) in [4.78, 5) is 25.9. The second-order valence-electron chi connectivity index (χ2n) is 6.97. The number of nitrogens with zero attached hydrogens (tertiary/aromatic N) is 2. The summed E-state index contributed by atoms with van der Waals surface area (Å²) in [6.45, 7) is 5.30. The van der Waals surface area contributed by atoms with E-state index in [0.717, 1.165) is 10.8 Å². The van der Waals surface area contributed by atoms with Crippen LogP contribution >= 0.6 is 0 Å². The Balaban J connectivity index is 1.64. The van der Waals surface area contributed by atoms with E-state index in [1.165, 1.54) is 4.31 Å². The first-order valence-corrected chi connectivity index (χ1v) is 11.1. The lowest BCUT2D eigenvalue weighted by Gasteiger charge is -2.36. The molecule has 29 heavy (non-hydrogen) atoms. The molecule has 2 aromatic carbocycles. The molecule has 0 radical (unpaired) electrons. The average molecular weight is 419 g/mol. The van der Waals surface area contributed by atoms with Crippen LogP contribution in [-0.4, -0.2) is 68.3 Å². The van der Waals surface area contributed by atoms with Crippen LogP contribution in [0.15, 0.2) is 47.4 Å². The number of sulfonamides is 1. The van der Waals surface area contributed by atoms with E-state index in [1.54, 1.807) is 26.0 Å². The van der Waals surface area contributed by atoms with Crippen molar-refractivity contribution >= 4 is 32.7 Å². The Hall–Kier alpha value is -2.49. The first-order valence-electron chi connectivity index (χ1n) is 9.64. The maximum Gasteiger partial charge on any atom is 0.321 e. The number of hydrogen-bond donors (Lipinski definition) is 2. The number of fused-ring (bicyclic) bond motifs is 1. The van der Waals surface area contributed by atoms with Gasteiger partial charge in [-0.25, -0.2) is 13.2 Å². The molecule has 1 saturated heterocycles. The number of benzene rings is 2. The van der Waals surface area contributed by atoms with Gasteiger partial charge in [-0.3, -0.25) is 15.0 Å². The molecule has 8 nitrogen and oxygen atoms in total. The van der Waals surface area contributed by atoms with Crippen molar-refractivity contribution in [2.24, 2.45) is 0 Å². The predicted molar refractivity (Wildman–Crippen MR) is 111 cm³/mol. The van der Waals surface area contributed by atoms with Gasteiger partial charge < -0.3 is 5.32 Å². The molecule has 0 aliphatic carbocycles. The van der Waals surface area contributed by atoms with Gasteiger partial charge in [-0.15, -0.1) is 0 Å². The standard InChI is InChI=1S/C20H26N4O4S/c1-3-21-20(26)22-19(25)15(2)23-10-12-24(13-11-23)29(27,28)18-9-8-16-6-4-5-7-17(16)14-18/h4-9,14-15H,3,10-13H2,1-2H3,(H2,21,22,25,26). The molecule has 3 rings (SSSR count). The number of amides is 3. The number of carbonyl (C=O) groups excluding carboxylic acids is 2. The summed E-state index contributed by atoms with van der Waals surface area (Å²) >= 11 is 0. The molecule has 1 aliphatic heterocycles. The van der Waals surface area contributed by atoms with E-state index in [-0.39, 0.29) is 18.0 Å². The summed E-state index contributed by atoms with van der Waals surface area (Å²) in [5, 5.41) is 6.68. The zero-order valence-corrected chi connectivity index (χ0v) is 17.4. The maximum atomic E-state index is 13.0. The summed E-state index contributed by atoms with van der Waals surface area (Å²) in [6, 6.07) is 11.7. The van der Waals surface area contributed by atoms with Gasteiger partial charge in [0.1, 0.15) is 0 Å². The maximum absolute atomic E-state index is 13.0. The first-order chi connectivity index (χ1) is 13.8. The molecule has 0 spiro atoms. The van der Waals surface area contributed by atoms with E-state index in [1.807, 2.05) is 35.2 Å². The number of rotatable bonds is 5. The quantitative estimate of drug-likeness (QED) is 0.764. The van der Waals surface area contributed by atoms with Crippen LogP contribution in [0.5, 0.6) is 0 Å². The van der Waals surface area contributed by atoms with Crippen LogP contribution in [0.2, 0.25) is 0 Å². The molecule has 0 bridgehead atoms. The molecule has 1 unspecified atom stereocenters. The molecule has 1 fully saturated rings. The predicted octanol–water partition coefficient (Wildman–Crippen LogP) is 1.38. The van der Waals surface area contributed by atoms with Crippen molar-refractivity contribution in [1.29, 1.82) is 0 Å². The Morgan fingerprint density at radius 2 is 1.69 bits per heavy atom. The van der Waals surface area contributed by atoms with Crippen LogP contribution in [0.1, 0.15) is 13.8 Å². The molecule has 2 N–H and O–H groups in total. The number of nitrogens with one attached hydrogen (secondary N) is 2. The summed E-state index contributed by atoms with van der Waals surface area (Å²) in [7, 11) is -3.61. The SMILES string of the molecule is CCNC(=O)NC(=O)C(C)N1CCN(S(=O)(=O)c2ccc3ccccc3c2)CC1. The minimum atomic E-state index is -3.61. The molecule has 1 heterocycles. The largest absolute Gasteiger partial charge is 0.338 e. The molecule has 3 amide bonds. The van der Waals surface area contributed by atoms with Crippen molar-refractivity contribution in [2.75, 3.05) is 32.7 Å². The van der Waals surface area contributed by atoms with E-state index < -0.39 is 28.0 Å². The van der Waals surface area contributed by atoms with Crippen LogP contribution in [0.3, 0.4) is 0 Å². The molecule has 156 valence electrons. The van der Waals surface area contributed by atoms with Gasteiger partial charge in [0.15, 0.2) is 0 Å². The third-order valence-electron chi connectivity index (χ3n) is 5.13. The van der Waals surface area contributed by atoms with Crippen LogP contribution in [-0.2, 0) is 14.8 Å². The third-order valence-corrected chi connectivity index (χ3v) is 7.03. The van der Waals surface area contributed by atoms with Gasteiger partial charge in [0, 0.05) is 32.7 Å². The summed E-state index contributed by atoms with van der Waals surface area (Å²) in [5.74, 6) is -0.401. The highest BCUT2D eigenvalue weighted by atomic mass is 32.2. The number of carbonyl (C=O) groups is 2. The molecule has 1 atom stereocenters. The average Bonchev–Trinajstić information content (AvgIpc) is 2.73. The first kappa shape index (κ1) is 21.2. The van der Waals surface area contributed by atoms with Crippen molar-refractivity contribution in [2.45, 2.75) is 24.8 Å². The normalized spacial score (nSPS) is 17.0. The Morgan fingerprint density at radius 1 is 1.03 bits per heavy atom. The smallest absolute Gasteiger partial charge is 0.321 e. The van der Waals surface area contributed by atoms with E-state index in [2.05, 4.69) is 10.6 Å². The number of urea groups is 1. The summed E-state index contributed by atoms with van der Waals surface area (Å²) in [5.41, 5.74) is 0. The lowest BCUT2D eigenvalue weighted by Crippen LogP contribution is -2.56.